The van der Waals surface area contributed by atoms with E-state index in [9.17, 15) is 13.3 Å². The molecule has 0 N–H and O–H groups in total. The van der Waals surface area contributed by atoms with Gasteiger partial charge in [-0.05, 0) is 26.0 Å². The normalized spacial score (nSPS) is 20.2. The molecule has 132 valence electrons. The van der Waals surface area contributed by atoms with Gasteiger partial charge < -0.3 is 9.42 Å². The Kier molecular flexibility index (Phi) is 4.73. The topological polar surface area (TPSA) is 75.7 Å². The molecular formula is C18H19O5PS. The van der Waals surface area contributed by atoms with E-state index in [1.807, 2.05) is 19.1 Å². The van der Waals surface area contributed by atoms with E-state index in [1.54, 1.807) is 43.3 Å². The third-order valence-corrected chi connectivity index (χ3v) is 7.22. The summed E-state index contributed by atoms with van der Waals surface area (Å²) >= 11 is 0. The van der Waals surface area contributed by atoms with Crippen LogP contribution in [0.4, 0.5) is 0 Å². The van der Waals surface area contributed by atoms with Gasteiger partial charge in [-0.3, -0.25) is 0 Å². The number of hydrogen-bond donors (Lipinski definition) is 0. The van der Waals surface area contributed by atoms with Gasteiger partial charge in [0.1, 0.15) is 4.91 Å². The van der Waals surface area contributed by atoms with E-state index >= 15 is 0 Å². The third-order valence-electron chi connectivity index (χ3n) is 3.83. The molecule has 0 bridgehead atoms. The van der Waals surface area contributed by atoms with Gasteiger partial charge in [0.05, 0.1) is 6.61 Å². The summed E-state index contributed by atoms with van der Waals surface area (Å²) in [6.45, 7) is 3.74. The van der Waals surface area contributed by atoms with Crippen LogP contribution in [0.2, 0.25) is 0 Å². The largest absolute Gasteiger partial charge is 0.620 e. The highest BCUT2D eigenvalue weighted by molar-refractivity contribution is 8.01. The SMILES string of the molecule is CCO[P+]1([O-])Oc2ccccc2C(S(C)(=O)=O)=C1c1ccc(C)cc1. The predicted octanol–water partition coefficient (Wildman–Crippen LogP) is 3.42. The number of para-hydroxylation sites is 1. The van der Waals surface area contributed by atoms with E-state index in [-0.39, 0.29) is 22.6 Å². The maximum absolute atomic E-state index is 13.5. The Hall–Kier alpha value is -1.72. The van der Waals surface area contributed by atoms with Gasteiger partial charge in [-0.15, -0.1) is 0 Å². The molecule has 1 aliphatic rings. The highest BCUT2D eigenvalue weighted by Crippen LogP contribution is 2.69. The lowest BCUT2D eigenvalue weighted by atomic mass is 10.1. The van der Waals surface area contributed by atoms with Crippen molar-refractivity contribution in [1.29, 1.82) is 0 Å². The summed E-state index contributed by atoms with van der Waals surface area (Å²) in [5, 5.41) is 0.0931. The van der Waals surface area contributed by atoms with Crippen LogP contribution in [0.5, 0.6) is 5.75 Å². The van der Waals surface area contributed by atoms with E-state index in [2.05, 4.69) is 0 Å². The molecule has 25 heavy (non-hydrogen) atoms. The Labute approximate surface area is 148 Å². The molecule has 0 aliphatic carbocycles. The van der Waals surface area contributed by atoms with Gasteiger partial charge in [-0.1, -0.05) is 42.0 Å². The first kappa shape index (κ1) is 18.1. The summed E-state index contributed by atoms with van der Waals surface area (Å²) in [6, 6.07) is 13.8. The number of sulfone groups is 1. The summed E-state index contributed by atoms with van der Waals surface area (Å²) in [7, 11) is -7.53. The molecule has 1 heterocycles. The molecule has 2 aromatic carbocycles. The van der Waals surface area contributed by atoms with Gasteiger partial charge in [0, 0.05) is 17.4 Å². The van der Waals surface area contributed by atoms with Gasteiger partial charge in [-0.25, -0.2) is 8.42 Å². The summed E-state index contributed by atoms with van der Waals surface area (Å²) in [6.07, 6.45) is 1.11. The number of hydrogen-bond acceptors (Lipinski definition) is 5. The molecule has 1 atom stereocenters. The predicted molar refractivity (Wildman–Crippen MR) is 98.5 cm³/mol. The average molecular weight is 378 g/mol. The minimum absolute atomic E-state index is 0.00464. The monoisotopic (exact) mass is 378 g/mol. The van der Waals surface area contributed by atoms with Crippen LogP contribution in [0.25, 0.3) is 10.2 Å². The quantitative estimate of drug-likeness (QED) is 0.762. The zero-order valence-electron chi connectivity index (χ0n) is 14.2. The third kappa shape index (κ3) is 3.35. The number of benzene rings is 2. The molecule has 0 amide bonds. The van der Waals surface area contributed by atoms with Gasteiger partial charge >= 0.3 is 7.94 Å². The molecular weight excluding hydrogens is 359 g/mol. The smallest absolute Gasteiger partial charge is 0.320 e. The number of fused-ring (bicyclic) bond motifs is 1. The van der Waals surface area contributed by atoms with E-state index in [4.69, 9.17) is 9.05 Å². The van der Waals surface area contributed by atoms with Crippen LogP contribution in [0, 0.1) is 6.92 Å². The standard InChI is InChI=1S/C18H19O5PS/c1-4-22-24(19)17(14-11-9-13(2)10-12-14)18(25(3,20)21)15-7-5-6-8-16(15)23-24/h5-12H,4H2,1-3H3. The van der Waals surface area contributed by atoms with Crippen LogP contribution in [0.3, 0.4) is 0 Å². The minimum atomic E-state index is -3.85. The van der Waals surface area contributed by atoms with Crippen LogP contribution < -0.4 is 9.42 Å². The summed E-state index contributed by atoms with van der Waals surface area (Å²) in [5.74, 6) is 0.246. The van der Waals surface area contributed by atoms with Crippen molar-refractivity contribution in [1.82, 2.24) is 0 Å². The van der Waals surface area contributed by atoms with Crippen molar-refractivity contribution in [2.75, 3.05) is 12.9 Å². The molecule has 0 spiro atoms. The van der Waals surface area contributed by atoms with Crippen LogP contribution in [0.1, 0.15) is 23.6 Å². The fourth-order valence-electron chi connectivity index (χ4n) is 2.80. The second kappa shape index (κ2) is 6.54. The Balaban J connectivity index is 2.41. The molecule has 0 aromatic heterocycles. The second-order valence-electron chi connectivity index (χ2n) is 5.82. The number of aryl methyl sites for hydroxylation is 1. The molecule has 1 aliphatic heterocycles. The lowest BCUT2D eigenvalue weighted by molar-refractivity contribution is -0.205. The lowest BCUT2D eigenvalue weighted by Crippen LogP contribution is -2.25. The first-order valence-corrected chi connectivity index (χ1v) is 11.2. The maximum Gasteiger partial charge on any atom is 0.320 e. The van der Waals surface area contributed by atoms with Gasteiger partial charge in [0.15, 0.2) is 20.9 Å². The first-order chi connectivity index (χ1) is 11.8. The molecule has 7 heteroatoms. The van der Waals surface area contributed by atoms with E-state index < -0.39 is 17.8 Å². The Morgan fingerprint density at radius 1 is 1.12 bits per heavy atom. The highest BCUT2D eigenvalue weighted by Gasteiger charge is 2.48. The van der Waals surface area contributed by atoms with Crippen molar-refractivity contribution in [2.24, 2.45) is 0 Å². The number of rotatable bonds is 4. The zero-order valence-corrected chi connectivity index (χ0v) is 15.9. The van der Waals surface area contributed by atoms with Crippen LogP contribution in [0.15, 0.2) is 48.5 Å². The van der Waals surface area contributed by atoms with E-state index in [1.165, 1.54) is 0 Å². The van der Waals surface area contributed by atoms with Gasteiger partial charge in [0.2, 0.25) is 0 Å². The molecule has 0 saturated carbocycles. The van der Waals surface area contributed by atoms with Crippen LogP contribution >= 0.6 is 7.94 Å². The van der Waals surface area contributed by atoms with E-state index in [0.717, 1.165) is 11.8 Å². The van der Waals surface area contributed by atoms with Crippen molar-refractivity contribution in [3.05, 3.63) is 65.2 Å². The van der Waals surface area contributed by atoms with Crippen molar-refractivity contribution >= 4 is 28.0 Å². The average Bonchev–Trinajstić information content (AvgIpc) is 2.53. The molecule has 0 radical (unpaired) electrons. The Bertz CT molecular complexity index is 934. The Morgan fingerprint density at radius 2 is 1.76 bits per heavy atom. The van der Waals surface area contributed by atoms with Crippen molar-refractivity contribution in [3.8, 4) is 5.75 Å². The van der Waals surface area contributed by atoms with Crippen molar-refractivity contribution in [3.63, 3.8) is 0 Å². The summed E-state index contributed by atoms with van der Waals surface area (Å²) in [5.41, 5.74) is 1.91. The minimum Gasteiger partial charge on any atom is -0.620 e. The summed E-state index contributed by atoms with van der Waals surface area (Å²) in [4.78, 5) is 13.5. The van der Waals surface area contributed by atoms with Gasteiger partial charge in [-0.2, -0.15) is 4.52 Å². The first-order valence-electron chi connectivity index (χ1n) is 7.82. The molecule has 1 unspecified atom stereocenters. The molecule has 0 fully saturated rings. The van der Waals surface area contributed by atoms with Gasteiger partial charge in [0.25, 0.3) is 0 Å². The molecule has 3 rings (SSSR count). The fraction of sp³-hybridized carbons (Fsp3) is 0.222. The van der Waals surface area contributed by atoms with Crippen molar-refractivity contribution < 1.29 is 22.4 Å². The molecule has 5 nitrogen and oxygen atoms in total. The summed E-state index contributed by atoms with van der Waals surface area (Å²) < 4.78 is 36.4. The van der Waals surface area contributed by atoms with Crippen LogP contribution in [-0.2, 0) is 14.4 Å². The second-order valence-corrected chi connectivity index (χ2v) is 9.65. The Morgan fingerprint density at radius 3 is 2.36 bits per heavy atom. The molecule has 2 aromatic rings. The maximum atomic E-state index is 13.5. The molecule has 0 saturated heterocycles. The van der Waals surface area contributed by atoms with Crippen molar-refractivity contribution in [2.45, 2.75) is 13.8 Å². The zero-order chi connectivity index (χ0) is 18.2. The van der Waals surface area contributed by atoms with Crippen LogP contribution in [-0.4, -0.2) is 21.3 Å². The van der Waals surface area contributed by atoms with E-state index in [0.29, 0.717) is 11.1 Å². The fourth-order valence-corrected chi connectivity index (χ4v) is 6.53. The highest BCUT2D eigenvalue weighted by atomic mass is 32.2. The lowest BCUT2D eigenvalue weighted by Gasteiger charge is -2.34.